The Hall–Kier alpha value is -1.02. The highest BCUT2D eigenvalue weighted by molar-refractivity contribution is 5.34. The molecule has 0 spiro atoms. The van der Waals surface area contributed by atoms with Crippen LogP contribution in [0.3, 0.4) is 0 Å². The molecule has 17 heavy (non-hydrogen) atoms. The molecule has 0 saturated heterocycles. The van der Waals surface area contributed by atoms with Gasteiger partial charge in [0, 0.05) is 0 Å². The van der Waals surface area contributed by atoms with Gasteiger partial charge in [0.2, 0.25) is 0 Å². The molecule has 2 N–H and O–H groups in total. The lowest BCUT2D eigenvalue weighted by atomic mass is 9.77. The average Bonchev–Trinajstić information content (AvgIpc) is 2.98. The smallest absolute Gasteiger partial charge is 0.122 e. The first-order chi connectivity index (χ1) is 8.26. The van der Waals surface area contributed by atoms with Crippen molar-refractivity contribution in [2.75, 3.05) is 13.7 Å². The van der Waals surface area contributed by atoms with E-state index < -0.39 is 0 Å². The SMILES string of the molecule is COc1ccccc1CC1(CN)CC2CC2C1. The van der Waals surface area contributed by atoms with Crippen LogP contribution in [0.4, 0.5) is 0 Å². The molecule has 92 valence electrons. The summed E-state index contributed by atoms with van der Waals surface area (Å²) in [6.45, 7) is 0.818. The number of hydrogen-bond donors (Lipinski definition) is 1. The third-order valence-corrected chi connectivity index (χ3v) is 4.65. The van der Waals surface area contributed by atoms with Crippen molar-refractivity contribution in [2.45, 2.75) is 25.7 Å². The van der Waals surface area contributed by atoms with E-state index >= 15 is 0 Å². The topological polar surface area (TPSA) is 35.2 Å². The quantitative estimate of drug-likeness (QED) is 0.864. The number of ether oxygens (including phenoxy) is 1. The minimum Gasteiger partial charge on any atom is -0.496 e. The molecule has 2 aliphatic carbocycles. The van der Waals surface area contributed by atoms with Crippen molar-refractivity contribution in [3.8, 4) is 5.75 Å². The third kappa shape index (κ3) is 1.95. The maximum absolute atomic E-state index is 6.05. The molecule has 0 aliphatic heterocycles. The summed E-state index contributed by atoms with van der Waals surface area (Å²) in [6, 6.07) is 8.36. The normalized spacial score (nSPS) is 34.5. The van der Waals surface area contributed by atoms with Crippen LogP contribution in [0, 0.1) is 17.3 Å². The van der Waals surface area contributed by atoms with Gasteiger partial charge in [-0.1, -0.05) is 18.2 Å². The fourth-order valence-electron chi connectivity index (χ4n) is 3.64. The van der Waals surface area contributed by atoms with Gasteiger partial charge in [0.05, 0.1) is 7.11 Å². The predicted octanol–water partition coefficient (Wildman–Crippen LogP) is 2.61. The zero-order valence-electron chi connectivity index (χ0n) is 10.5. The summed E-state index contributed by atoms with van der Waals surface area (Å²) in [5.74, 6) is 2.97. The van der Waals surface area contributed by atoms with Gasteiger partial charge in [-0.2, -0.15) is 0 Å². The molecule has 3 rings (SSSR count). The van der Waals surface area contributed by atoms with E-state index in [4.69, 9.17) is 10.5 Å². The predicted molar refractivity (Wildman–Crippen MR) is 69.0 cm³/mol. The molecular formula is C15H21NO. The van der Waals surface area contributed by atoms with Crippen molar-refractivity contribution in [1.82, 2.24) is 0 Å². The number of para-hydroxylation sites is 1. The lowest BCUT2D eigenvalue weighted by molar-refractivity contribution is 0.269. The molecule has 0 bridgehead atoms. The van der Waals surface area contributed by atoms with Crippen LogP contribution in [-0.2, 0) is 6.42 Å². The second kappa shape index (κ2) is 4.02. The molecule has 2 fully saturated rings. The Balaban J connectivity index is 1.81. The van der Waals surface area contributed by atoms with Gasteiger partial charge < -0.3 is 10.5 Å². The number of hydrogen-bond acceptors (Lipinski definition) is 2. The van der Waals surface area contributed by atoms with Gasteiger partial charge in [0.15, 0.2) is 0 Å². The molecule has 0 radical (unpaired) electrons. The number of nitrogens with two attached hydrogens (primary N) is 1. The summed E-state index contributed by atoms with van der Waals surface area (Å²) in [6.07, 6.45) is 5.19. The molecule has 1 aromatic carbocycles. The molecule has 2 nitrogen and oxygen atoms in total. The second-order valence-corrected chi connectivity index (χ2v) is 5.86. The van der Waals surface area contributed by atoms with E-state index in [2.05, 4.69) is 18.2 Å². The highest BCUT2D eigenvalue weighted by Gasteiger charge is 2.52. The van der Waals surface area contributed by atoms with Crippen molar-refractivity contribution >= 4 is 0 Å². The molecule has 1 aromatic rings. The van der Waals surface area contributed by atoms with Gasteiger partial charge in [-0.25, -0.2) is 0 Å². The van der Waals surface area contributed by atoms with Crippen molar-refractivity contribution < 1.29 is 4.74 Å². The zero-order valence-corrected chi connectivity index (χ0v) is 10.5. The first-order valence-electron chi connectivity index (χ1n) is 6.58. The van der Waals surface area contributed by atoms with Crippen LogP contribution in [0.2, 0.25) is 0 Å². The summed E-state index contributed by atoms with van der Waals surface area (Å²) in [5.41, 5.74) is 7.72. The van der Waals surface area contributed by atoms with E-state index in [1.165, 1.54) is 24.8 Å². The van der Waals surface area contributed by atoms with E-state index in [-0.39, 0.29) is 0 Å². The number of fused-ring (bicyclic) bond motifs is 1. The summed E-state index contributed by atoms with van der Waals surface area (Å²) in [5, 5.41) is 0. The third-order valence-electron chi connectivity index (χ3n) is 4.65. The van der Waals surface area contributed by atoms with Crippen LogP contribution in [0.5, 0.6) is 5.75 Å². The fraction of sp³-hybridized carbons (Fsp3) is 0.600. The molecule has 0 heterocycles. The molecule has 2 saturated carbocycles. The minimum absolute atomic E-state index is 0.349. The Bertz CT molecular complexity index is 405. The average molecular weight is 231 g/mol. The number of benzene rings is 1. The van der Waals surface area contributed by atoms with Crippen LogP contribution < -0.4 is 10.5 Å². The summed E-state index contributed by atoms with van der Waals surface area (Å²) in [7, 11) is 1.75. The first-order valence-corrected chi connectivity index (χ1v) is 6.58. The van der Waals surface area contributed by atoms with E-state index in [1.807, 2.05) is 6.07 Å². The summed E-state index contributed by atoms with van der Waals surface area (Å²) >= 11 is 0. The molecule has 0 amide bonds. The van der Waals surface area contributed by atoms with Crippen molar-refractivity contribution in [3.05, 3.63) is 29.8 Å². The molecular weight excluding hydrogens is 210 g/mol. The van der Waals surface area contributed by atoms with Crippen molar-refractivity contribution in [3.63, 3.8) is 0 Å². The number of rotatable bonds is 4. The van der Waals surface area contributed by atoms with E-state index in [0.717, 1.165) is 30.6 Å². The Labute approximate surface area is 103 Å². The van der Waals surface area contributed by atoms with E-state index in [0.29, 0.717) is 5.41 Å². The summed E-state index contributed by atoms with van der Waals surface area (Å²) < 4.78 is 5.44. The molecule has 2 atom stereocenters. The minimum atomic E-state index is 0.349. The van der Waals surface area contributed by atoms with E-state index in [9.17, 15) is 0 Å². The van der Waals surface area contributed by atoms with Crippen LogP contribution in [0.25, 0.3) is 0 Å². The standard InChI is InChI=1S/C15H21NO/c1-17-14-5-3-2-4-11(14)7-15(10-16)8-12-6-13(12)9-15/h2-5,12-13H,6-10,16H2,1H3. The van der Waals surface area contributed by atoms with Crippen LogP contribution in [0.15, 0.2) is 24.3 Å². The van der Waals surface area contributed by atoms with Gasteiger partial charge in [-0.15, -0.1) is 0 Å². The van der Waals surface area contributed by atoms with Crippen molar-refractivity contribution in [1.29, 1.82) is 0 Å². The molecule has 2 unspecified atom stereocenters. The highest BCUT2D eigenvalue weighted by Crippen LogP contribution is 2.60. The first kappa shape index (κ1) is 11.1. The Morgan fingerprint density at radius 2 is 2.00 bits per heavy atom. The lowest BCUT2D eigenvalue weighted by Crippen LogP contribution is -2.31. The van der Waals surface area contributed by atoms with Crippen LogP contribution in [0.1, 0.15) is 24.8 Å². The van der Waals surface area contributed by atoms with Crippen molar-refractivity contribution in [2.24, 2.45) is 23.0 Å². The van der Waals surface area contributed by atoms with Gasteiger partial charge in [0.25, 0.3) is 0 Å². The highest BCUT2D eigenvalue weighted by atomic mass is 16.5. The summed E-state index contributed by atoms with van der Waals surface area (Å²) in [4.78, 5) is 0. The second-order valence-electron chi connectivity index (χ2n) is 5.86. The molecule has 2 heteroatoms. The lowest BCUT2D eigenvalue weighted by Gasteiger charge is -2.30. The fourth-order valence-corrected chi connectivity index (χ4v) is 3.64. The molecule has 2 aliphatic rings. The van der Waals surface area contributed by atoms with Gasteiger partial charge >= 0.3 is 0 Å². The van der Waals surface area contributed by atoms with E-state index in [1.54, 1.807) is 7.11 Å². The monoisotopic (exact) mass is 231 g/mol. The maximum Gasteiger partial charge on any atom is 0.122 e. The number of methoxy groups -OCH3 is 1. The Morgan fingerprint density at radius 1 is 1.29 bits per heavy atom. The van der Waals surface area contributed by atoms with Gasteiger partial charge in [0.1, 0.15) is 5.75 Å². The van der Waals surface area contributed by atoms with Gasteiger partial charge in [-0.05, 0) is 61.1 Å². The Kier molecular flexibility index (Phi) is 2.62. The molecule has 0 aromatic heterocycles. The largest absolute Gasteiger partial charge is 0.496 e. The Morgan fingerprint density at radius 3 is 2.65 bits per heavy atom. The van der Waals surface area contributed by atoms with Crippen LogP contribution >= 0.6 is 0 Å². The zero-order chi connectivity index (χ0) is 11.9. The van der Waals surface area contributed by atoms with Crippen LogP contribution in [-0.4, -0.2) is 13.7 Å². The maximum atomic E-state index is 6.05. The van der Waals surface area contributed by atoms with Gasteiger partial charge in [-0.3, -0.25) is 0 Å².